The normalized spacial score (nSPS) is 10.4. The highest BCUT2D eigenvalue weighted by molar-refractivity contribution is 5.46. The number of anilines is 1. The predicted molar refractivity (Wildman–Crippen MR) is 61.8 cm³/mol. The quantitative estimate of drug-likeness (QED) is 0.833. The molecule has 0 unspecified atom stereocenters. The Morgan fingerprint density at radius 2 is 2.19 bits per heavy atom. The number of benzene rings is 1. The van der Waals surface area contributed by atoms with E-state index in [1.807, 2.05) is 19.9 Å². The lowest BCUT2D eigenvalue weighted by atomic mass is 10.2. The van der Waals surface area contributed by atoms with Crippen molar-refractivity contribution in [3.05, 3.63) is 47.3 Å². The number of hydrogen-bond acceptors (Lipinski definition) is 2. The minimum Gasteiger partial charge on any atom is -0.377 e. The van der Waals surface area contributed by atoms with E-state index in [1.54, 1.807) is 12.3 Å². The summed E-state index contributed by atoms with van der Waals surface area (Å²) in [4.78, 5) is 7.16. The zero-order valence-electron chi connectivity index (χ0n) is 9.34. The van der Waals surface area contributed by atoms with Crippen LogP contribution in [-0.4, -0.2) is 9.97 Å². The van der Waals surface area contributed by atoms with E-state index in [2.05, 4.69) is 15.3 Å². The second kappa shape index (κ2) is 4.35. The molecule has 0 aliphatic heterocycles. The van der Waals surface area contributed by atoms with Gasteiger partial charge in [0.25, 0.3) is 0 Å². The molecule has 1 aromatic carbocycles. The molecule has 84 valence electrons. The highest BCUT2D eigenvalue weighted by Gasteiger charge is 2.02. The third-order valence-electron chi connectivity index (χ3n) is 2.35. The van der Waals surface area contributed by atoms with Crippen LogP contribution in [0.1, 0.15) is 17.1 Å². The second-order valence-corrected chi connectivity index (χ2v) is 3.83. The predicted octanol–water partition coefficient (Wildman–Crippen LogP) is 2.78. The fourth-order valence-corrected chi connectivity index (χ4v) is 1.52. The monoisotopic (exact) mass is 219 g/mol. The molecule has 2 N–H and O–H groups in total. The van der Waals surface area contributed by atoms with Gasteiger partial charge in [-0.25, -0.2) is 9.37 Å². The summed E-state index contributed by atoms with van der Waals surface area (Å²) >= 11 is 0. The first-order valence-corrected chi connectivity index (χ1v) is 5.15. The Kier molecular flexibility index (Phi) is 2.90. The van der Waals surface area contributed by atoms with E-state index in [1.165, 1.54) is 6.07 Å². The number of nitrogens with zero attached hydrogens (tertiary/aromatic N) is 1. The third kappa shape index (κ3) is 2.39. The Hall–Kier alpha value is -1.84. The van der Waals surface area contributed by atoms with Gasteiger partial charge in [0.05, 0.1) is 24.1 Å². The van der Waals surface area contributed by atoms with Gasteiger partial charge in [-0.2, -0.15) is 0 Å². The van der Waals surface area contributed by atoms with Crippen LogP contribution < -0.4 is 5.32 Å². The maximum Gasteiger partial charge on any atom is 0.146 e. The first-order chi connectivity index (χ1) is 7.65. The van der Waals surface area contributed by atoms with Crippen molar-refractivity contribution in [2.45, 2.75) is 20.4 Å². The molecule has 4 heteroatoms. The smallest absolute Gasteiger partial charge is 0.146 e. The van der Waals surface area contributed by atoms with E-state index in [4.69, 9.17) is 0 Å². The number of nitrogens with one attached hydrogen (secondary N) is 2. The molecule has 2 aromatic rings. The lowest BCUT2D eigenvalue weighted by Crippen LogP contribution is -2.01. The molecule has 0 amide bonds. The Morgan fingerprint density at radius 3 is 2.81 bits per heavy atom. The summed E-state index contributed by atoms with van der Waals surface area (Å²) in [6, 6.07) is 5.14. The Bertz CT molecular complexity index is 491. The van der Waals surface area contributed by atoms with Crippen molar-refractivity contribution in [2.24, 2.45) is 0 Å². The molecule has 0 aliphatic carbocycles. The standard InChI is InChI=1S/C12H14FN3/c1-8-3-4-12(11(13)5-8)15-7-10-6-14-9(2)16-10/h3-6,15H,7H2,1-2H3,(H,14,16). The maximum absolute atomic E-state index is 13.5. The van der Waals surface area contributed by atoms with Crippen molar-refractivity contribution in [3.63, 3.8) is 0 Å². The number of aryl methyl sites for hydroxylation is 2. The van der Waals surface area contributed by atoms with Crippen LogP contribution in [0.15, 0.2) is 24.4 Å². The molecule has 0 saturated carbocycles. The van der Waals surface area contributed by atoms with Crippen LogP contribution in [-0.2, 0) is 6.54 Å². The summed E-state index contributed by atoms with van der Waals surface area (Å²) in [6.45, 7) is 4.29. The molecule has 2 rings (SSSR count). The summed E-state index contributed by atoms with van der Waals surface area (Å²) in [5, 5.41) is 3.02. The van der Waals surface area contributed by atoms with E-state index >= 15 is 0 Å². The van der Waals surface area contributed by atoms with Crippen LogP contribution in [0, 0.1) is 19.7 Å². The van der Waals surface area contributed by atoms with E-state index in [0.29, 0.717) is 12.2 Å². The molecule has 16 heavy (non-hydrogen) atoms. The van der Waals surface area contributed by atoms with Crippen molar-refractivity contribution in [1.29, 1.82) is 0 Å². The van der Waals surface area contributed by atoms with Gasteiger partial charge in [0, 0.05) is 0 Å². The van der Waals surface area contributed by atoms with Crippen molar-refractivity contribution < 1.29 is 4.39 Å². The molecular weight excluding hydrogens is 205 g/mol. The molecule has 0 atom stereocenters. The highest BCUT2D eigenvalue weighted by atomic mass is 19.1. The second-order valence-electron chi connectivity index (χ2n) is 3.83. The molecule has 1 heterocycles. The van der Waals surface area contributed by atoms with Crippen LogP contribution in [0.2, 0.25) is 0 Å². The number of halogens is 1. The van der Waals surface area contributed by atoms with Gasteiger partial charge in [0.1, 0.15) is 11.6 Å². The SMILES string of the molecule is Cc1ccc(NCc2cnc(C)[nH]2)c(F)c1. The van der Waals surface area contributed by atoms with Crippen molar-refractivity contribution in [3.8, 4) is 0 Å². The van der Waals surface area contributed by atoms with Gasteiger partial charge in [-0.05, 0) is 31.5 Å². The molecular formula is C12H14FN3. The molecule has 0 spiro atoms. The van der Waals surface area contributed by atoms with Gasteiger partial charge in [-0.3, -0.25) is 0 Å². The van der Waals surface area contributed by atoms with Crippen molar-refractivity contribution in [2.75, 3.05) is 5.32 Å². The molecule has 1 aromatic heterocycles. The molecule has 0 fully saturated rings. The van der Waals surface area contributed by atoms with Gasteiger partial charge in [-0.15, -0.1) is 0 Å². The number of rotatable bonds is 3. The first-order valence-electron chi connectivity index (χ1n) is 5.15. The van der Waals surface area contributed by atoms with E-state index in [-0.39, 0.29) is 5.82 Å². The summed E-state index contributed by atoms with van der Waals surface area (Å²) in [6.07, 6.45) is 1.74. The Balaban J connectivity index is 2.04. The average Bonchev–Trinajstić information content (AvgIpc) is 2.63. The fourth-order valence-electron chi connectivity index (χ4n) is 1.52. The topological polar surface area (TPSA) is 40.7 Å². The van der Waals surface area contributed by atoms with Crippen molar-refractivity contribution in [1.82, 2.24) is 9.97 Å². The Morgan fingerprint density at radius 1 is 1.38 bits per heavy atom. The molecule has 0 radical (unpaired) electrons. The van der Waals surface area contributed by atoms with E-state index in [9.17, 15) is 4.39 Å². The number of H-pyrrole nitrogens is 1. The number of imidazole rings is 1. The van der Waals surface area contributed by atoms with Crippen LogP contribution >= 0.6 is 0 Å². The molecule has 0 saturated heterocycles. The maximum atomic E-state index is 13.5. The highest BCUT2D eigenvalue weighted by Crippen LogP contribution is 2.15. The van der Waals surface area contributed by atoms with Gasteiger partial charge >= 0.3 is 0 Å². The van der Waals surface area contributed by atoms with Crippen LogP contribution in [0.4, 0.5) is 10.1 Å². The third-order valence-corrected chi connectivity index (χ3v) is 2.35. The van der Waals surface area contributed by atoms with Crippen LogP contribution in [0.25, 0.3) is 0 Å². The summed E-state index contributed by atoms with van der Waals surface area (Å²) in [5.74, 6) is 0.636. The molecule has 0 bridgehead atoms. The van der Waals surface area contributed by atoms with Crippen molar-refractivity contribution >= 4 is 5.69 Å². The first kappa shape index (κ1) is 10.7. The summed E-state index contributed by atoms with van der Waals surface area (Å²) < 4.78 is 13.5. The zero-order valence-corrected chi connectivity index (χ0v) is 9.34. The van der Waals surface area contributed by atoms with Gasteiger partial charge in [-0.1, -0.05) is 6.07 Å². The van der Waals surface area contributed by atoms with Gasteiger partial charge in [0.15, 0.2) is 0 Å². The lowest BCUT2D eigenvalue weighted by Gasteiger charge is -2.06. The largest absolute Gasteiger partial charge is 0.377 e. The van der Waals surface area contributed by atoms with E-state index in [0.717, 1.165) is 17.1 Å². The summed E-state index contributed by atoms with van der Waals surface area (Å²) in [7, 11) is 0. The van der Waals surface area contributed by atoms with Crippen LogP contribution in [0.5, 0.6) is 0 Å². The minimum atomic E-state index is -0.226. The number of aromatic nitrogens is 2. The fraction of sp³-hybridized carbons (Fsp3) is 0.250. The van der Waals surface area contributed by atoms with Gasteiger partial charge in [0.2, 0.25) is 0 Å². The zero-order chi connectivity index (χ0) is 11.5. The minimum absolute atomic E-state index is 0.226. The lowest BCUT2D eigenvalue weighted by molar-refractivity contribution is 0.629. The molecule has 0 aliphatic rings. The Labute approximate surface area is 93.7 Å². The van der Waals surface area contributed by atoms with E-state index < -0.39 is 0 Å². The van der Waals surface area contributed by atoms with Crippen LogP contribution in [0.3, 0.4) is 0 Å². The summed E-state index contributed by atoms with van der Waals surface area (Å²) in [5.41, 5.74) is 2.37. The molecule has 3 nitrogen and oxygen atoms in total. The number of aromatic amines is 1. The number of hydrogen-bond donors (Lipinski definition) is 2. The average molecular weight is 219 g/mol. The van der Waals surface area contributed by atoms with Gasteiger partial charge < -0.3 is 10.3 Å².